The largest absolute Gasteiger partial charge is 0.454 e. The maximum Gasteiger partial charge on any atom is 0.255 e. The molecule has 1 atom stereocenters. The van der Waals surface area contributed by atoms with Crippen molar-refractivity contribution in [2.24, 2.45) is 7.05 Å². The van der Waals surface area contributed by atoms with Gasteiger partial charge in [-0.3, -0.25) is 9.48 Å². The van der Waals surface area contributed by atoms with Crippen molar-refractivity contribution in [2.75, 3.05) is 6.79 Å². The van der Waals surface area contributed by atoms with E-state index in [9.17, 15) is 4.79 Å². The number of imidazole rings is 1. The van der Waals surface area contributed by atoms with Crippen LogP contribution >= 0.6 is 0 Å². The summed E-state index contributed by atoms with van der Waals surface area (Å²) < 4.78 is 12.4. The highest BCUT2D eigenvalue weighted by Gasteiger charge is 2.20. The molecule has 1 aromatic carbocycles. The zero-order valence-electron chi connectivity index (χ0n) is 15.2. The van der Waals surface area contributed by atoms with Gasteiger partial charge in [-0.05, 0) is 24.6 Å². The number of H-pyrrole nitrogens is 1. The summed E-state index contributed by atoms with van der Waals surface area (Å²) in [6.07, 6.45) is 6.71. The van der Waals surface area contributed by atoms with E-state index >= 15 is 0 Å². The van der Waals surface area contributed by atoms with E-state index < -0.39 is 0 Å². The number of benzene rings is 1. The van der Waals surface area contributed by atoms with Gasteiger partial charge in [0.15, 0.2) is 11.5 Å². The number of hydrogen-bond acceptors (Lipinski definition) is 5. The van der Waals surface area contributed by atoms with Crippen molar-refractivity contribution in [2.45, 2.75) is 25.8 Å². The van der Waals surface area contributed by atoms with Crippen molar-refractivity contribution in [3.8, 4) is 22.8 Å². The van der Waals surface area contributed by atoms with Crippen LogP contribution in [0.5, 0.6) is 11.5 Å². The molecule has 2 aromatic heterocycles. The highest BCUT2D eigenvalue weighted by molar-refractivity contribution is 5.93. The van der Waals surface area contributed by atoms with Crippen LogP contribution < -0.4 is 14.8 Å². The van der Waals surface area contributed by atoms with Crippen LogP contribution in [-0.4, -0.2) is 32.4 Å². The lowest BCUT2D eigenvalue weighted by Crippen LogP contribution is -2.29. The summed E-state index contributed by atoms with van der Waals surface area (Å²) in [5, 5.41) is 7.09. The molecule has 0 bridgehead atoms. The van der Waals surface area contributed by atoms with Gasteiger partial charge in [0.1, 0.15) is 5.82 Å². The molecule has 0 fully saturated rings. The number of aromatic nitrogens is 4. The summed E-state index contributed by atoms with van der Waals surface area (Å²) in [7, 11) is 1.78. The number of ether oxygens (including phenoxy) is 2. The van der Waals surface area contributed by atoms with Crippen LogP contribution in [0.15, 0.2) is 36.8 Å². The Kier molecular flexibility index (Phi) is 4.53. The number of rotatable bonds is 6. The molecule has 27 heavy (non-hydrogen) atoms. The van der Waals surface area contributed by atoms with Gasteiger partial charge < -0.3 is 19.8 Å². The lowest BCUT2D eigenvalue weighted by molar-refractivity contribution is 0.0932. The predicted molar refractivity (Wildman–Crippen MR) is 98.5 cm³/mol. The van der Waals surface area contributed by atoms with Crippen molar-refractivity contribution in [1.29, 1.82) is 0 Å². The third-order valence-electron chi connectivity index (χ3n) is 4.46. The minimum absolute atomic E-state index is 0.164. The smallest absolute Gasteiger partial charge is 0.255 e. The molecule has 8 heteroatoms. The summed E-state index contributed by atoms with van der Waals surface area (Å²) in [6.45, 7) is 2.32. The topological polar surface area (TPSA) is 94.1 Å². The molecule has 3 aromatic rings. The van der Waals surface area contributed by atoms with E-state index in [1.807, 2.05) is 18.2 Å². The van der Waals surface area contributed by atoms with E-state index in [2.05, 4.69) is 27.3 Å². The van der Waals surface area contributed by atoms with Gasteiger partial charge in [0.2, 0.25) is 6.79 Å². The predicted octanol–water partition coefficient (Wildman–Crippen LogP) is 2.81. The number of amides is 1. The van der Waals surface area contributed by atoms with Gasteiger partial charge in [0.25, 0.3) is 5.91 Å². The maximum absolute atomic E-state index is 12.5. The molecule has 0 saturated carbocycles. The molecule has 2 N–H and O–H groups in total. The van der Waals surface area contributed by atoms with E-state index in [-0.39, 0.29) is 18.7 Å². The summed E-state index contributed by atoms with van der Waals surface area (Å²) in [6, 6.07) is 5.55. The van der Waals surface area contributed by atoms with E-state index in [0.717, 1.165) is 41.4 Å². The summed E-state index contributed by atoms with van der Waals surface area (Å²) >= 11 is 0. The van der Waals surface area contributed by atoms with Gasteiger partial charge in [0, 0.05) is 18.8 Å². The molecule has 8 nitrogen and oxygen atoms in total. The zero-order valence-corrected chi connectivity index (χ0v) is 15.2. The lowest BCUT2D eigenvalue weighted by Gasteiger charge is -2.15. The average molecular weight is 367 g/mol. The van der Waals surface area contributed by atoms with Crippen LogP contribution in [0, 0.1) is 0 Å². The van der Waals surface area contributed by atoms with E-state index in [1.165, 1.54) is 0 Å². The molecule has 3 heterocycles. The Bertz CT molecular complexity index is 962. The number of nitrogens with zero attached hydrogens (tertiary/aromatic N) is 3. The monoisotopic (exact) mass is 367 g/mol. The van der Waals surface area contributed by atoms with Gasteiger partial charge in [-0.1, -0.05) is 13.3 Å². The molecule has 0 aliphatic carbocycles. The summed E-state index contributed by atoms with van der Waals surface area (Å²) in [4.78, 5) is 20.3. The van der Waals surface area contributed by atoms with Crippen LogP contribution in [0.3, 0.4) is 0 Å². The van der Waals surface area contributed by atoms with Crippen molar-refractivity contribution in [3.63, 3.8) is 0 Å². The van der Waals surface area contributed by atoms with Crippen LogP contribution in [0.1, 0.15) is 42.0 Å². The zero-order chi connectivity index (χ0) is 18.8. The van der Waals surface area contributed by atoms with Crippen molar-refractivity contribution in [3.05, 3.63) is 48.2 Å². The first kappa shape index (κ1) is 17.1. The molecule has 1 aliphatic heterocycles. The first-order valence-electron chi connectivity index (χ1n) is 8.88. The Labute approximate surface area is 156 Å². The van der Waals surface area contributed by atoms with E-state index in [0.29, 0.717) is 5.56 Å². The number of aromatic amines is 1. The Morgan fingerprint density at radius 1 is 1.33 bits per heavy atom. The fourth-order valence-corrected chi connectivity index (χ4v) is 3.07. The minimum Gasteiger partial charge on any atom is -0.454 e. The number of aryl methyl sites for hydroxylation is 1. The molecule has 1 amide bonds. The van der Waals surface area contributed by atoms with Crippen LogP contribution in [0.25, 0.3) is 11.3 Å². The minimum atomic E-state index is -0.203. The van der Waals surface area contributed by atoms with Gasteiger partial charge >= 0.3 is 0 Å². The van der Waals surface area contributed by atoms with Gasteiger partial charge in [-0.25, -0.2) is 4.98 Å². The SMILES string of the molecule is CCCC(NC(=O)c1cnn(C)c1)c1ncc(-c2ccc3c(c2)OCO3)[nH]1. The van der Waals surface area contributed by atoms with Gasteiger partial charge in [0.05, 0.1) is 29.7 Å². The molecule has 0 saturated heterocycles. The third-order valence-corrected chi connectivity index (χ3v) is 4.46. The number of hydrogen-bond donors (Lipinski definition) is 2. The highest BCUT2D eigenvalue weighted by Crippen LogP contribution is 2.35. The molecule has 140 valence electrons. The quantitative estimate of drug-likeness (QED) is 0.699. The molecule has 1 unspecified atom stereocenters. The average Bonchev–Trinajstić information content (AvgIpc) is 3.40. The summed E-state index contributed by atoms with van der Waals surface area (Å²) in [5.41, 5.74) is 2.34. The van der Waals surface area contributed by atoms with Gasteiger partial charge in [-0.15, -0.1) is 0 Å². The normalized spacial score (nSPS) is 13.6. The van der Waals surface area contributed by atoms with Crippen LogP contribution in [0.4, 0.5) is 0 Å². The second-order valence-electron chi connectivity index (χ2n) is 6.47. The standard InChI is InChI=1S/C19H21N5O3/c1-3-4-14(23-19(25)13-8-21-24(2)10-13)18-20-9-15(22-18)12-5-6-16-17(7-12)27-11-26-16/h5-10,14H,3-4,11H2,1-2H3,(H,20,22)(H,23,25). The van der Waals surface area contributed by atoms with E-state index in [4.69, 9.17) is 9.47 Å². The number of fused-ring (bicyclic) bond motifs is 1. The van der Waals surface area contributed by atoms with Crippen LogP contribution in [0.2, 0.25) is 0 Å². The lowest BCUT2D eigenvalue weighted by atomic mass is 10.1. The third kappa shape index (κ3) is 3.51. The first-order chi connectivity index (χ1) is 13.1. The van der Waals surface area contributed by atoms with Crippen molar-refractivity contribution >= 4 is 5.91 Å². The molecular weight excluding hydrogens is 346 g/mol. The number of carbonyl (C=O) groups is 1. The Hall–Kier alpha value is -3.29. The number of carbonyl (C=O) groups excluding carboxylic acids is 1. The molecule has 0 radical (unpaired) electrons. The Morgan fingerprint density at radius 2 is 2.19 bits per heavy atom. The van der Waals surface area contributed by atoms with E-state index in [1.54, 1.807) is 30.3 Å². The summed E-state index contributed by atoms with van der Waals surface area (Å²) in [5.74, 6) is 2.02. The number of nitrogens with one attached hydrogen (secondary N) is 2. The molecule has 4 rings (SSSR count). The second-order valence-corrected chi connectivity index (χ2v) is 6.47. The fraction of sp³-hybridized carbons (Fsp3) is 0.316. The second kappa shape index (κ2) is 7.14. The Morgan fingerprint density at radius 3 is 2.96 bits per heavy atom. The van der Waals surface area contributed by atoms with Gasteiger partial charge in [-0.2, -0.15) is 5.10 Å². The molecule has 0 spiro atoms. The first-order valence-corrected chi connectivity index (χ1v) is 8.88. The van der Waals surface area contributed by atoms with Crippen molar-refractivity contribution in [1.82, 2.24) is 25.1 Å². The molecule has 1 aliphatic rings. The molecular formula is C19H21N5O3. The van der Waals surface area contributed by atoms with Crippen molar-refractivity contribution < 1.29 is 14.3 Å². The highest BCUT2D eigenvalue weighted by atomic mass is 16.7. The Balaban J connectivity index is 1.54. The maximum atomic E-state index is 12.5. The fourth-order valence-electron chi connectivity index (χ4n) is 3.07. The van der Waals surface area contributed by atoms with Crippen LogP contribution in [-0.2, 0) is 7.05 Å².